The molecule has 1 amide bonds. The first kappa shape index (κ1) is 23.9. The Kier molecular flexibility index (Phi) is 7.70. The number of benzene rings is 1. The molecular formula is C20H27F3N2O5. The molecule has 1 aliphatic carbocycles. The van der Waals surface area contributed by atoms with Crippen molar-refractivity contribution in [2.45, 2.75) is 37.3 Å². The number of alkyl halides is 3. The Bertz CT molecular complexity index is 757. The van der Waals surface area contributed by atoms with Crippen LogP contribution in [0.3, 0.4) is 0 Å². The largest absolute Gasteiger partial charge is 0.490 e. The fraction of sp³-hybridized carbons (Fsp3) is 0.600. The molecule has 7 nitrogen and oxygen atoms in total. The minimum Gasteiger partial charge on any atom is -0.475 e. The number of amides is 1. The van der Waals surface area contributed by atoms with Crippen LogP contribution in [0.25, 0.3) is 0 Å². The van der Waals surface area contributed by atoms with E-state index in [-0.39, 0.29) is 37.6 Å². The summed E-state index contributed by atoms with van der Waals surface area (Å²) in [4.78, 5) is 25.4. The first-order chi connectivity index (χ1) is 14.1. The maximum Gasteiger partial charge on any atom is 0.490 e. The van der Waals surface area contributed by atoms with Crippen molar-refractivity contribution in [3.63, 3.8) is 0 Å². The van der Waals surface area contributed by atoms with E-state index in [2.05, 4.69) is 11.9 Å². The SMILES string of the molecule is CN1CC2(CCCC2)c2cc(C(=O)N(CCO)CCO)ccc21.O=C(O)C(F)(F)F. The van der Waals surface area contributed by atoms with Crippen LogP contribution in [0.5, 0.6) is 0 Å². The molecule has 2 aliphatic rings. The molecule has 1 heterocycles. The Labute approximate surface area is 172 Å². The second kappa shape index (κ2) is 9.65. The van der Waals surface area contributed by atoms with E-state index in [1.165, 1.54) is 41.8 Å². The maximum atomic E-state index is 12.7. The van der Waals surface area contributed by atoms with Gasteiger partial charge in [0.05, 0.1) is 13.2 Å². The normalized spacial score (nSPS) is 16.8. The Morgan fingerprint density at radius 3 is 2.13 bits per heavy atom. The zero-order chi connectivity index (χ0) is 22.5. The number of carboxylic acid groups (broad SMARTS) is 1. The Hall–Kier alpha value is -2.33. The van der Waals surface area contributed by atoms with Crippen LogP contribution in [0.1, 0.15) is 41.6 Å². The van der Waals surface area contributed by atoms with Gasteiger partial charge in [-0.05, 0) is 36.6 Å². The van der Waals surface area contributed by atoms with Crippen molar-refractivity contribution in [3.05, 3.63) is 29.3 Å². The number of rotatable bonds is 5. The average molecular weight is 432 g/mol. The van der Waals surface area contributed by atoms with Gasteiger partial charge in [0.1, 0.15) is 0 Å². The van der Waals surface area contributed by atoms with E-state index in [0.717, 1.165) is 6.54 Å². The Balaban J connectivity index is 0.000000396. The number of hydrogen-bond acceptors (Lipinski definition) is 5. The highest BCUT2D eigenvalue weighted by atomic mass is 19.4. The number of fused-ring (bicyclic) bond motifs is 2. The van der Waals surface area contributed by atoms with Crippen LogP contribution >= 0.6 is 0 Å². The third kappa shape index (κ3) is 5.23. The van der Waals surface area contributed by atoms with Crippen molar-refractivity contribution >= 4 is 17.6 Å². The van der Waals surface area contributed by atoms with Crippen LogP contribution in [-0.4, -0.2) is 78.2 Å². The van der Waals surface area contributed by atoms with Crippen molar-refractivity contribution in [1.82, 2.24) is 4.90 Å². The highest BCUT2D eigenvalue weighted by Gasteiger charge is 2.43. The second-order valence-corrected chi connectivity index (χ2v) is 7.62. The van der Waals surface area contributed by atoms with E-state index >= 15 is 0 Å². The number of anilines is 1. The van der Waals surface area contributed by atoms with Crippen LogP contribution in [0.15, 0.2) is 18.2 Å². The molecule has 0 saturated heterocycles. The number of halogens is 3. The van der Waals surface area contributed by atoms with Crippen molar-refractivity contribution in [2.24, 2.45) is 0 Å². The zero-order valence-corrected chi connectivity index (χ0v) is 16.8. The van der Waals surface area contributed by atoms with Crippen LogP contribution < -0.4 is 4.90 Å². The van der Waals surface area contributed by atoms with Gasteiger partial charge in [0.2, 0.25) is 0 Å². The number of carboxylic acids is 1. The third-order valence-corrected chi connectivity index (χ3v) is 5.60. The average Bonchev–Trinajstić information content (AvgIpc) is 3.26. The molecule has 0 atom stereocenters. The Morgan fingerprint density at radius 1 is 1.13 bits per heavy atom. The van der Waals surface area contributed by atoms with Gasteiger partial charge in [0.25, 0.3) is 5.91 Å². The number of aliphatic hydroxyl groups excluding tert-OH is 2. The molecule has 1 aliphatic heterocycles. The van der Waals surface area contributed by atoms with Gasteiger partial charge in [-0.3, -0.25) is 4.79 Å². The Morgan fingerprint density at radius 2 is 1.67 bits per heavy atom. The first-order valence-corrected chi connectivity index (χ1v) is 9.72. The van der Waals surface area contributed by atoms with E-state index in [0.29, 0.717) is 5.56 Å². The summed E-state index contributed by atoms with van der Waals surface area (Å²) in [6, 6.07) is 5.97. The summed E-state index contributed by atoms with van der Waals surface area (Å²) in [5.74, 6) is -2.87. The fourth-order valence-corrected chi connectivity index (χ4v) is 4.27. The lowest BCUT2D eigenvalue weighted by Gasteiger charge is -2.25. The zero-order valence-electron chi connectivity index (χ0n) is 16.8. The number of carbonyl (C=O) groups is 2. The monoisotopic (exact) mass is 432 g/mol. The van der Waals surface area contributed by atoms with Gasteiger partial charge in [-0.15, -0.1) is 0 Å². The molecular weight excluding hydrogens is 405 g/mol. The van der Waals surface area contributed by atoms with Crippen LogP contribution in [0, 0.1) is 0 Å². The van der Waals surface area contributed by atoms with Gasteiger partial charge >= 0.3 is 12.1 Å². The molecule has 1 spiro atoms. The lowest BCUT2D eigenvalue weighted by atomic mass is 9.80. The van der Waals surface area contributed by atoms with Crippen molar-refractivity contribution in [3.8, 4) is 0 Å². The summed E-state index contributed by atoms with van der Waals surface area (Å²) in [6.07, 6.45) is -0.183. The molecule has 3 rings (SSSR count). The van der Waals surface area contributed by atoms with Crippen LogP contribution in [-0.2, 0) is 10.2 Å². The van der Waals surface area contributed by atoms with E-state index in [4.69, 9.17) is 20.1 Å². The number of nitrogens with zero attached hydrogens (tertiary/aromatic N) is 2. The van der Waals surface area contributed by atoms with Crippen molar-refractivity contribution in [1.29, 1.82) is 0 Å². The van der Waals surface area contributed by atoms with Gasteiger partial charge in [-0.25, -0.2) is 4.79 Å². The fourth-order valence-electron chi connectivity index (χ4n) is 4.27. The number of hydrogen-bond donors (Lipinski definition) is 3. The molecule has 168 valence electrons. The molecule has 1 aromatic carbocycles. The molecule has 0 bridgehead atoms. The molecule has 30 heavy (non-hydrogen) atoms. The maximum absolute atomic E-state index is 12.7. The summed E-state index contributed by atoms with van der Waals surface area (Å²) in [5, 5.41) is 25.4. The minimum atomic E-state index is -5.08. The molecule has 0 unspecified atom stereocenters. The number of aliphatic hydroxyl groups is 2. The molecule has 3 N–H and O–H groups in total. The first-order valence-electron chi connectivity index (χ1n) is 9.72. The second-order valence-electron chi connectivity index (χ2n) is 7.62. The topological polar surface area (TPSA) is 101 Å². The van der Waals surface area contributed by atoms with Gasteiger partial charge in [-0.2, -0.15) is 13.2 Å². The molecule has 10 heteroatoms. The lowest BCUT2D eigenvalue weighted by molar-refractivity contribution is -0.192. The minimum absolute atomic E-state index is 0.0939. The summed E-state index contributed by atoms with van der Waals surface area (Å²) >= 11 is 0. The van der Waals surface area contributed by atoms with Gasteiger partial charge in [0.15, 0.2) is 0 Å². The van der Waals surface area contributed by atoms with Gasteiger partial charge < -0.3 is 25.1 Å². The van der Waals surface area contributed by atoms with E-state index in [9.17, 15) is 18.0 Å². The smallest absolute Gasteiger partial charge is 0.475 e. The number of likely N-dealkylation sites (N-methyl/N-ethyl adjacent to an activating group) is 1. The quantitative estimate of drug-likeness (QED) is 0.658. The summed E-state index contributed by atoms with van der Waals surface area (Å²) < 4.78 is 31.7. The molecule has 1 fully saturated rings. The van der Waals surface area contributed by atoms with Crippen molar-refractivity contribution < 1.29 is 38.1 Å². The summed E-state index contributed by atoms with van der Waals surface area (Å²) in [7, 11) is 2.12. The van der Waals surface area contributed by atoms with Gasteiger partial charge in [0, 0.05) is 43.3 Å². The predicted octanol–water partition coefficient (Wildman–Crippen LogP) is 2.01. The van der Waals surface area contributed by atoms with Crippen LogP contribution in [0.2, 0.25) is 0 Å². The highest BCUT2D eigenvalue weighted by molar-refractivity contribution is 5.95. The number of aliphatic carboxylic acids is 1. The predicted molar refractivity (Wildman–Crippen MR) is 104 cm³/mol. The molecule has 1 saturated carbocycles. The summed E-state index contributed by atoms with van der Waals surface area (Å²) in [5.41, 5.74) is 3.40. The molecule has 0 aromatic heterocycles. The van der Waals surface area contributed by atoms with Crippen LogP contribution in [0.4, 0.5) is 18.9 Å². The molecule has 1 aromatic rings. The van der Waals surface area contributed by atoms with E-state index in [1.807, 2.05) is 18.2 Å². The molecule has 0 radical (unpaired) electrons. The lowest BCUT2D eigenvalue weighted by Crippen LogP contribution is -2.36. The highest BCUT2D eigenvalue weighted by Crippen LogP contribution is 2.50. The van der Waals surface area contributed by atoms with Crippen molar-refractivity contribution in [2.75, 3.05) is 44.8 Å². The standard InChI is InChI=1S/C18H26N2O3.C2HF3O2/c1-19-13-18(6-2-3-7-18)15-12-14(4-5-16(15)19)17(23)20(8-10-21)9-11-22;3-2(4,5)1(6)7/h4-5,12,21-22H,2-3,6-11,13H2,1H3;(H,6,7). The summed E-state index contributed by atoms with van der Waals surface area (Å²) in [6.45, 7) is 1.35. The number of carbonyl (C=O) groups excluding carboxylic acids is 1. The third-order valence-electron chi connectivity index (χ3n) is 5.60. The van der Waals surface area contributed by atoms with E-state index in [1.54, 1.807) is 0 Å². The van der Waals surface area contributed by atoms with E-state index < -0.39 is 12.1 Å². The van der Waals surface area contributed by atoms with Gasteiger partial charge in [-0.1, -0.05) is 12.8 Å².